The molecule has 0 heterocycles. The highest BCUT2D eigenvalue weighted by Crippen LogP contribution is 2.06. The second-order valence-electron chi connectivity index (χ2n) is 3.40. The molecule has 18 heavy (non-hydrogen) atoms. The van der Waals surface area contributed by atoms with Crippen LogP contribution in [0.1, 0.15) is 20.3 Å². The molecule has 5 heteroatoms. The van der Waals surface area contributed by atoms with Gasteiger partial charge in [0.2, 0.25) is 0 Å². The third-order valence-corrected chi connectivity index (χ3v) is 1.95. The fourth-order valence-corrected chi connectivity index (χ4v) is 1.11. The van der Waals surface area contributed by atoms with Gasteiger partial charge < -0.3 is 14.2 Å². The van der Waals surface area contributed by atoms with Crippen molar-refractivity contribution >= 4 is 11.9 Å². The van der Waals surface area contributed by atoms with E-state index in [9.17, 15) is 9.59 Å². The highest BCUT2D eigenvalue weighted by atomic mass is 16.6. The Morgan fingerprint density at radius 1 is 1.22 bits per heavy atom. The van der Waals surface area contributed by atoms with Gasteiger partial charge in [-0.3, -0.25) is 0 Å². The molecule has 0 fully saturated rings. The molecule has 1 unspecified atom stereocenters. The van der Waals surface area contributed by atoms with Crippen molar-refractivity contribution < 1.29 is 23.8 Å². The molecule has 0 saturated heterocycles. The molecule has 0 N–H and O–H groups in total. The summed E-state index contributed by atoms with van der Waals surface area (Å²) in [6.07, 6.45) is 1.09. The molecule has 0 aliphatic rings. The van der Waals surface area contributed by atoms with Crippen LogP contribution in [0, 0.1) is 0 Å². The van der Waals surface area contributed by atoms with Gasteiger partial charge in [0.25, 0.3) is 0 Å². The zero-order chi connectivity index (χ0) is 14.0. The van der Waals surface area contributed by atoms with Gasteiger partial charge in [0.1, 0.15) is 0 Å². The summed E-state index contributed by atoms with van der Waals surface area (Å²) >= 11 is 0. The summed E-state index contributed by atoms with van der Waals surface area (Å²) < 4.78 is 14.9. The number of carbonyl (C=O) groups is 2. The molecule has 0 radical (unpaired) electrons. The molecule has 0 aromatic rings. The Bertz CT molecular complexity index is 309. The maximum atomic E-state index is 11.5. The van der Waals surface area contributed by atoms with E-state index in [2.05, 4.69) is 13.2 Å². The first-order valence-corrected chi connectivity index (χ1v) is 5.80. The number of ether oxygens (including phenoxy) is 3. The van der Waals surface area contributed by atoms with Gasteiger partial charge in [0.05, 0.1) is 25.4 Å². The molecule has 0 spiro atoms. The second kappa shape index (κ2) is 9.41. The summed E-state index contributed by atoms with van der Waals surface area (Å²) in [5.74, 6) is -1.01. The van der Waals surface area contributed by atoms with Crippen LogP contribution in [-0.2, 0) is 23.8 Å². The van der Waals surface area contributed by atoms with Gasteiger partial charge in [-0.2, -0.15) is 0 Å². The van der Waals surface area contributed by atoms with E-state index >= 15 is 0 Å². The molecule has 0 aliphatic carbocycles. The molecule has 0 rings (SSSR count). The minimum atomic E-state index is -0.770. The molecular formula is C13H20O5. The van der Waals surface area contributed by atoms with E-state index in [1.807, 2.05) is 0 Å². The molecule has 0 bridgehead atoms. The molecule has 0 aromatic carbocycles. The minimum absolute atomic E-state index is 0.0733. The predicted molar refractivity (Wildman–Crippen MR) is 67.0 cm³/mol. The number of esters is 2. The van der Waals surface area contributed by atoms with E-state index in [-0.39, 0.29) is 25.4 Å². The van der Waals surface area contributed by atoms with Gasteiger partial charge in [0.15, 0.2) is 6.10 Å². The van der Waals surface area contributed by atoms with Crippen LogP contribution < -0.4 is 0 Å². The Morgan fingerprint density at radius 2 is 1.83 bits per heavy atom. The first-order chi connectivity index (χ1) is 8.56. The SMILES string of the molecule is C=CCC(OCC(=C)C(=O)OCC)C(=O)OCC. The summed E-state index contributed by atoms with van der Waals surface area (Å²) in [5.41, 5.74) is 0.162. The first kappa shape index (κ1) is 16.4. The largest absolute Gasteiger partial charge is 0.464 e. The van der Waals surface area contributed by atoms with Gasteiger partial charge in [-0.15, -0.1) is 6.58 Å². The average Bonchev–Trinajstić information content (AvgIpc) is 2.34. The lowest BCUT2D eigenvalue weighted by Gasteiger charge is -2.15. The first-order valence-electron chi connectivity index (χ1n) is 5.80. The number of rotatable bonds is 9. The minimum Gasteiger partial charge on any atom is -0.464 e. The van der Waals surface area contributed by atoms with Crippen molar-refractivity contribution in [3.63, 3.8) is 0 Å². The van der Waals surface area contributed by atoms with Crippen molar-refractivity contribution in [3.05, 3.63) is 24.8 Å². The summed E-state index contributed by atoms with van der Waals surface area (Å²) in [4.78, 5) is 22.8. The molecular weight excluding hydrogens is 236 g/mol. The average molecular weight is 256 g/mol. The van der Waals surface area contributed by atoms with Crippen molar-refractivity contribution in [2.45, 2.75) is 26.4 Å². The van der Waals surface area contributed by atoms with Crippen molar-refractivity contribution in [1.82, 2.24) is 0 Å². The summed E-state index contributed by atoms with van der Waals surface area (Å²) in [6, 6.07) is 0. The fraction of sp³-hybridized carbons (Fsp3) is 0.538. The Balaban J connectivity index is 4.26. The standard InChI is InChI=1S/C13H20O5/c1-5-8-11(13(15)17-7-3)18-9-10(4)12(14)16-6-2/h5,11H,1,4,6-9H2,2-3H3. The zero-order valence-electron chi connectivity index (χ0n) is 10.9. The van der Waals surface area contributed by atoms with Crippen LogP contribution in [0.5, 0.6) is 0 Å². The monoisotopic (exact) mass is 256 g/mol. The Labute approximate surface area is 107 Å². The van der Waals surface area contributed by atoms with Crippen molar-refractivity contribution in [1.29, 1.82) is 0 Å². The topological polar surface area (TPSA) is 61.8 Å². The van der Waals surface area contributed by atoms with Crippen LogP contribution in [0.4, 0.5) is 0 Å². The highest BCUT2D eigenvalue weighted by Gasteiger charge is 2.20. The van der Waals surface area contributed by atoms with Gasteiger partial charge in [-0.1, -0.05) is 12.7 Å². The van der Waals surface area contributed by atoms with Gasteiger partial charge in [0, 0.05) is 6.42 Å². The van der Waals surface area contributed by atoms with Crippen molar-refractivity contribution in [3.8, 4) is 0 Å². The van der Waals surface area contributed by atoms with E-state index in [4.69, 9.17) is 14.2 Å². The van der Waals surface area contributed by atoms with Gasteiger partial charge in [-0.25, -0.2) is 9.59 Å². The van der Waals surface area contributed by atoms with Gasteiger partial charge >= 0.3 is 11.9 Å². The molecule has 0 aromatic heterocycles. The maximum Gasteiger partial charge on any atom is 0.335 e. The third kappa shape index (κ3) is 6.20. The van der Waals surface area contributed by atoms with Crippen LogP contribution in [-0.4, -0.2) is 37.9 Å². The Morgan fingerprint density at radius 3 is 2.33 bits per heavy atom. The van der Waals surface area contributed by atoms with Crippen LogP contribution in [0.2, 0.25) is 0 Å². The fourth-order valence-electron chi connectivity index (χ4n) is 1.11. The second-order valence-corrected chi connectivity index (χ2v) is 3.40. The molecule has 5 nitrogen and oxygen atoms in total. The Kier molecular flexibility index (Phi) is 8.57. The van der Waals surface area contributed by atoms with E-state index in [1.54, 1.807) is 19.9 Å². The highest BCUT2D eigenvalue weighted by molar-refractivity contribution is 5.88. The zero-order valence-corrected chi connectivity index (χ0v) is 10.9. The number of hydrogen-bond acceptors (Lipinski definition) is 5. The van der Waals surface area contributed by atoms with Crippen LogP contribution >= 0.6 is 0 Å². The molecule has 0 amide bonds. The molecule has 0 aliphatic heterocycles. The quantitative estimate of drug-likeness (QED) is 0.356. The van der Waals surface area contributed by atoms with Crippen molar-refractivity contribution in [2.24, 2.45) is 0 Å². The van der Waals surface area contributed by atoms with E-state index in [0.29, 0.717) is 6.42 Å². The predicted octanol–water partition coefficient (Wildman–Crippen LogP) is 1.63. The number of hydrogen-bond donors (Lipinski definition) is 0. The van der Waals surface area contributed by atoms with E-state index < -0.39 is 18.0 Å². The van der Waals surface area contributed by atoms with Crippen LogP contribution in [0.25, 0.3) is 0 Å². The van der Waals surface area contributed by atoms with E-state index in [1.165, 1.54) is 0 Å². The normalized spacial score (nSPS) is 11.4. The lowest BCUT2D eigenvalue weighted by molar-refractivity contribution is -0.156. The Hall–Kier alpha value is -1.62. The summed E-state index contributed by atoms with van der Waals surface area (Å²) in [7, 11) is 0. The van der Waals surface area contributed by atoms with Gasteiger partial charge in [-0.05, 0) is 13.8 Å². The van der Waals surface area contributed by atoms with E-state index in [0.717, 1.165) is 0 Å². The molecule has 102 valence electrons. The van der Waals surface area contributed by atoms with Crippen LogP contribution in [0.3, 0.4) is 0 Å². The van der Waals surface area contributed by atoms with Crippen molar-refractivity contribution in [2.75, 3.05) is 19.8 Å². The lowest BCUT2D eigenvalue weighted by atomic mass is 10.2. The summed E-state index contributed by atoms with van der Waals surface area (Å²) in [5, 5.41) is 0. The molecule has 0 saturated carbocycles. The number of carbonyl (C=O) groups excluding carboxylic acids is 2. The molecule has 1 atom stereocenters. The maximum absolute atomic E-state index is 11.5. The lowest BCUT2D eigenvalue weighted by Crippen LogP contribution is -2.28. The third-order valence-electron chi connectivity index (χ3n) is 1.95. The summed E-state index contributed by atoms with van der Waals surface area (Å²) in [6.45, 7) is 10.9. The smallest absolute Gasteiger partial charge is 0.335 e. The van der Waals surface area contributed by atoms with Crippen LogP contribution in [0.15, 0.2) is 24.8 Å².